The number of rotatable bonds is 4. The second-order valence-electron chi connectivity index (χ2n) is 5.91. The average Bonchev–Trinajstić information content (AvgIpc) is 2.99. The Morgan fingerprint density at radius 2 is 1.95 bits per heavy atom. The first kappa shape index (κ1) is 15.4. The molecular formula is C14H15F2NO4S. The summed E-state index contributed by atoms with van der Waals surface area (Å²) >= 11 is 0. The molecule has 0 amide bonds. The van der Waals surface area contributed by atoms with E-state index in [1.807, 2.05) is 0 Å². The van der Waals surface area contributed by atoms with Gasteiger partial charge in [0.05, 0.1) is 15.9 Å². The van der Waals surface area contributed by atoms with Gasteiger partial charge in [-0.2, -0.15) is 4.31 Å². The molecule has 8 heteroatoms. The molecule has 2 fully saturated rings. The second kappa shape index (κ2) is 4.48. The van der Waals surface area contributed by atoms with Crippen molar-refractivity contribution in [2.24, 2.45) is 5.41 Å². The molecule has 1 heterocycles. The van der Waals surface area contributed by atoms with Gasteiger partial charge >= 0.3 is 5.97 Å². The summed E-state index contributed by atoms with van der Waals surface area (Å²) < 4.78 is 52.1. The zero-order valence-corrected chi connectivity index (χ0v) is 12.7. The van der Waals surface area contributed by atoms with Crippen molar-refractivity contribution < 1.29 is 27.1 Å². The van der Waals surface area contributed by atoms with Gasteiger partial charge in [0.25, 0.3) is 5.92 Å². The van der Waals surface area contributed by atoms with E-state index in [0.717, 1.165) is 10.4 Å². The Morgan fingerprint density at radius 1 is 1.36 bits per heavy atom. The summed E-state index contributed by atoms with van der Waals surface area (Å²) in [7, 11) is -3.93. The average molecular weight is 331 g/mol. The Bertz CT molecular complexity index is 754. The minimum atomic E-state index is -3.93. The van der Waals surface area contributed by atoms with Crippen LogP contribution in [0.2, 0.25) is 0 Å². The third-order valence-corrected chi connectivity index (χ3v) is 6.29. The van der Waals surface area contributed by atoms with E-state index in [-0.39, 0.29) is 30.0 Å². The molecule has 0 aromatic heterocycles. The van der Waals surface area contributed by atoms with Gasteiger partial charge in [-0.3, -0.25) is 0 Å². The fraction of sp³-hybridized carbons (Fsp3) is 0.500. The number of carboxylic acid groups (broad SMARTS) is 1. The molecule has 3 rings (SSSR count). The van der Waals surface area contributed by atoms with Gasteiger partial charge in [0, 0.05) is 19.5 Å². The zero-order valence-electron chi connectivity index (χ0n) is 11.8. The SMILES string of the molecule is CCc1ccc(S(=O)(=O)N2CC3(C2)CC3(F)F)cc1C(=O)O. The first-order valence-corrected chi connectivity index (χ1v) is 8.31. The highest BCUT2D eigenvalue weighted by molar-refractivity contribution is 7.89. The Hall–Kier alpha value is -1.54. The van der Waals surface area contributed by atoms with E-state index in [2.05, 4.69) is 0 Å². The predicted molar refractivity (Wildman–Crippen MR) is 73.5 cm³/mol. The molecular weight excluding hydrogens is 316 g/mol. The highest BCUT2D eigenvalue weighted by atomic mass is 32.2. The van der Waals surface area contributed by atoms with Crippen LogP contribution in [-0.2, 0) is 16.4 Å². The number of sulfonamides is 1. The van der Waals surface area contributed by atoms with Gasteiger partial charge in [0.2, 0.25) is 10.0 Å². The highest BCUT2D eigenvalue weighted by Crippen LogP contribution is 2.65. The van der Waals surface area contributed by atoms with Gasteiger partial charge in [-0.05, 0) is 24.1 Å². The van der Waals surface area contributed by atoms with Crippen LogP contribution in [0.3, 0.4) is 0 Å². The number of halogens is 2. The summed E-state index contributed by atoms with van der Waals surface area (Å²) in [4.78, 5) is 11.0. The van der Waals surface area contributed by atoms with Crippen molar-refractivity contribution in [3.05, 3.63) is 29.3 Å². The van der Waals surface area contributed by atoms with Gasteiger partial charge in [-0.1, -0.05) is 13.0 Å². The fourth-order valence-corrected chi connectivity index (χ4v) is 4.53. The Kier molecular flexibility index (Phi) is 3.13. The van der Waals surface area contributed by atoms with Gasteiger partial charge in [0.1, 0.15) is 0 Å². The molecule has 1 aliphatic carbocycles. The molecule has 1 saturated carbocycles. The van der Waals surface area contributed by atoms with E-state index in [1.165, 1.54) is 12.1 Å². The van der Waals surface area contributed by atoms with Crippen molar-refractivity contribution in [1.29, 1.82) is 0 Å². The molecule has 5 nitrogen and oxygen atoms in total. The molecule has 1 aliphatic heterocycles. The molecule has 22 heavy (non-hydrogen) atoms. The lowest BCUT2D eigenvalue weighted by molar-refractivity contribution is 0.0108. The third-order valence-electron chi connectivity index (χ3n) is 4.50. The Labute approximate surface area is 126 Å². The number of benzene rings is 1. The van der Waals surface area contributed by atoms with Crippen LogP contribution in [0.5, 0.6) is 0 Å². The van der Waals surface area contributed by atoms with Gasteiger partial charge in [-0.25, -0.2) is 22.0 Å². The van der Waals surface area contributed by atoms with Crippen molar-refractivity contribution in [3.8, 4) is 0 Å². The van der Waals surface area contributed by atoms with Crippen molar-refractivity contribution in [2.75, 3.05) is 13.1 Å². The molecule has 1 spiro atoms. The van der Waals surface area contributed by atoms with Gasteiger partial charge in [0.15, 0.2) is 0 Å². The topological polar surface area (TPSA) is 74.7 Å². The standard InChI is InChI=1S/C14H15F2NO4S/c1-2-9-3-4-10(5-11(9)12(18)19)22(20,21)17-7-13(8-17)6-14(13,15)16/h3-5H,2,6-8H2,1H3,(H,18,19). The number of hydrogen-bond donors (Lipinski definition) is 1. The molecule has 120 valence electrons. The number of alkyl halides is 2. The quantitative estimate of drug-likeness (QED) is 0.915. The van der Waals surface area contributed by atoms with Gasteiger partial charge in [-0.15, -0.1) is 0 Å². The molecule has 1 aromatic rings. The first-order valence-electron chi connectivity index (χ1n) is 6.87. The predicted octanol–water partition coefficient (Wildman–Crippen LogP) is 1.98. The summed E-state index contributed by atoms with van der Waals surface area (Å²) in [5.74, 6) is -3.99. The van der Waals surface area contributed by atoms with E-state index in [9.17, 15) is 22.0 Å². The minimum Gasteiger partial charge on any atom is -0.478 e. The summed E-state index contributed by atoms with van der Waals surface area (Å²) in [5.41, 5.74) is -0.741. The minimum absolute atomic E-state index is 0.0736. The zero-order chi connectivity index (χ0) is 16.3. The summed E-state index contributed by atoms with van der Waals surface area (Å²) in [6.07, 6.45) is 0.183. The maximum atomic E-state index is 13.2. The van der Waals surface area contributed by atoms with Crippen molar-refractivity contribution >= 4 is 16.0 Å². The lowest BCUT2D eigenvalue weighted by atomic mass is 10.00. The lowest BCUT2D eigenvalue weighted by Gasteiger charge is -2.38. The van der Waals surface area contributed by atoms with E-state index >= 15 is 0 Å². The number of carboxylic acids is 1. The van der Waals surface area contributed by atoms with E-state index in [0.29, 0.717) is 12.0 Å². The van der Waals surface area contributed by atoms with E-state index < -0.39 is 27.3 Å². The summed E-state index contributed by atoms with van der Waals surface area (Å²) in [5, 5.41) is 9.15. The lowest BCUT2D eigenvalue weighted by Crippen LogP contribution is -2.53. The first-order chi connectivity index (χ1) is 10.1. The second-order valence-corrected chi connectivity index (χ2v) is 7.85. The fourth-order valence-electron chi connectivity index (χ4n) is 2.90. The largest absolute Gasteiger partial charge is 0.478 e. The molecule has 1 N–H and O–H groups in total. The molecule has 0 atom stereocenters. The van der Waals surface area contributed by atoms with Crippen LogP contribution in [0.25, 0.3) is 0 Å². The molecule has 2 aliphatic rings. The number of aryl methyl sites for hydroxylation is 1. The molecule has 0 bridgehead atoms. The highest BCUT2D eigenvalue weighted by Gasteiger charge is 2.77. The molecule has 1 saturated heterocycles. The van der Waals surface area contributed by atoms with E-state index in [4.69, 9.17) is 5.11 Å². The number of hydrogen-bond acceptors (Lipinski definition) is 3. The van der Waals surface area contributed by atoms with Crippen LogP contribution < -0.4 is 0 Å². The monoisotopic (exact) mass is 331 g/mol. The van der Waals surface area contributed by atoms with Crippen LogP contribution >= 0.6 is 0 Å². The Balaban J connectivity index is 1.88. The van der Waals surface area contributed by atoms with Crippen molar-refractivity contribution in [3.63, 3.8) is 0 Å². The smallest absolute Gasteiger partial charge is 0.336 e. The van der Waals surface area contributed by atoms with Crippen LogP contribution in [0.15, 0.2) is 23.1 Å². The summed E-state index contributed by atoms with van der Waals surface area (Å²) in [6, 6.07) is 3.89. The van der Waals surface area contributed by atoms with Crippen LogP contribution in [0.4, 0.5) is 8.78 Å². The van der Waals surface area contributed by atoms with Gasteiger partial charge < -0.3 is 5.11 Å². The number of aromatic carboxylic acids is 1. The molecule has 0 unspecified atom stereocenters. The Morgan fingerprint density at radius 3 is 2.41 bits per heavy atom. The molecule has 0 radical (unpaired) electrons. The maximum Gasteiger partial charge on any atom is 0.336 e. The van der Waals surface area contributed by atoms with Crippen LogP contribution in [0.1, 0.15) is 29.3 Å². The third kappa shape index (κ3) is 2.04. The number of nitrogens with zero attached hydrogens (tertiary/aromatic N) is 1. The van der Waals surface area contributed by atoms with Crippen molar-refractivity contribution in [1.82, 2.24) is 4.31 Å². The number of carbonyl (C=O) groups is 1. The molecule has 1 aromatic carbocycles. The van der Waals surface area contributed by atoms with Crippen LogP contribution in [0, 0.1) is 5.41 Å². The summed E-state index contributed by atoms with van der Waals surface area (Å²) in [6.45, 7) is 1.35. The maximum absolute atomic E-state index is 13.2. The van der Waals surface area contributed by atoms with Crippen molar-refractivity contribution in [2.45, 2.75) is 30.6 Å². The normalized spacial score (nSPS) is 22.3. The van der Waals surface area contributed by atoms with E-state index in [1.54, 1.807) is 6.92 Å². The van der Waals surface area contributed by atoms with Crippen LogP contribution in [-0.4, -0.2) is 42.8 Å².